The molecule has 1 atom stereocenters. The largest absolute Gasteiger partial charge is 0.434 e. The Bertz CT molecular complexity index is 1380. The summed E-state index contributed by atoms with van der Waals surface area (Å²) in [5.74, 6) is 0.123. The van der Waals surface area contributed by atoms with Crippen LogP contribution in [0.1, 0.15) is 39.3 Å². The van der Waals surface area contributed by atoms with Gasteiger partial charge in [-0.05, 0) is 30.3 Å². The maximum atomic E-state index is 12.2. The molecule has 9 nitrogen and oxygen atoms in total. The summed E-state index contributed by atoms with van der Waals surface area (Å²) in [6.07, 6.45) is 1.37. The number of ether oxygens (including phenoxy) is 1. The average molecular weight is 573 g/mol. The molecule has 0 aliphatic rings. The van der Waals surface area contributed by atoms with Crippen molar-refractivity contribution >= 4 is 43.1 Å². The number of aromatic nitrogens is 5. The Hall–Kier alpha value is -2.24. The topological polar surface area (TPSA) is 112 Å². The van der Waals surface area contributed by atoms with Crippen molar-refractivity contribution in [2.75, 3.05) is 6.61 Å². The van der Waals surface area contributed by atoms with Gasteiger partial charge in [-0.1, -0.05) is 62.5 Å². The Morgan fingerprint density at radius 1 is 1.14 bits per heavy atom. The maximum absolute atomic E-state index is 12.2. The minimum absolute atomic E-state index is 0.0171. The quantitative estimate of drug-likeness (QED) is 0.356. The summed E-state index contributed by atoms with van der Waals surface area (Å²) in [4.78, 5) is 34.7. The van der Waals surface area contributed by atoms with E-state index in [1.54, 1.807) is 0 Å². The van der Waals surface area contributed by atoms with E-state index in [9.17, 15) is 9.59 Å². The third-order valence-electron chi connectivity index (χ3n) is 6.16. The number of aryl methyl sites for hydroxylation is 1. The molecule has 194 valence electrons. The van der Waals surface area contributed by atoms with Crippen LogP contribution in [-0.2, 0) is 11.5 Å². The summed E-state index contributed by atoms with van der Waals surface area (Å²) >= 11 is 19.2. The number of hydrogen-bond acceptors (Lipinski definition) is 7. The van der Waals surface area contributed by atoms with Crippen LogP contribution in [0.25, 0.3) is 11.3 Å². The number of aromatic amines is 1. The lowest BCUT2D eigenvalue weighted by atomic mass is 10.1. The lowest BCUT2D eigenvalue weighted by molar-refractivity contribution is 0.266. The van der Waals surface area contributed by atoms with E-state index in [0.29, 0.717) is 17.9 Å². The molecular formula is C23H28Cl3N5O4Si. The van der Waals surface area contributed by atoms with Crippen LogP contribution in [0.4, 0.5) is 0 Å². The van der Waals surface area contributed by atoms with Crippen molar-refractivity contribution in [2.45, 2.75) is 51.7 Å². The number of nitrogens with one attached hydrogen (secondary N) is 1. The fourth-order valence-corrected chi connectivity index (χ4v) is 4.87. The molecule has 0 saturated heterocycles. The fourth-order valence-electron chi connectivity index (χ4n) is 2.93. The second-order valence-corrected chi connectivity index (χ2v) is 15.9. The number of halogens is 3. The summed E-state index contributed by atoms with van der Waals surface area (Å²) in [6, 6.07) is 2.93. The molecule has 3 aromatic rings. The van der Waals surface area contributed by atoms with Crippen molar-refractivity contribution in [3.63, 3.8) is 0 Å². The van der Waals surface area contributed by atoms with Crippen LogP contribution in [0.2, 0.25) is 33.3 Å². The minimum atomic E-state index is -1.96. The van der Waals surface area contributed by atoms with Crippen LogP contribution in [0, 0.1) is 0 Å². The van der Waals surface area contributed by atoms with Gasteiger partial charge in [0.05, 0.1) is 21.9 Å². The van der Waals surface area contributed by atoms with Gasteiger partial charge in [-0.25, -0.2) is 19.4 Å². The molecular weight excluding hydrogens is 545 g/mol. The number of hydrogen-bond donors (Lipinski definition) is 1. The molecule has 0 fully saturated rings. The molecule has 0 amide bonds. The summed E-state index contributed by atoms with van der Waals surface area (Å²) in [6.45, 7) is 13.3. The van der Waals surface area contributed by atoms with Gasteiger partial charge in [-0.15, -0.1) is 0 Å². The van der Waals surface area contributed by atoms with Gasteiger partial charge in [0.25, 0.3) is 5.56 Å². The van der Waals surface area contributed by atoms with Crippen LogP contribution in [0.3, 0.4) is 0 Å². The summed E-state index contributed by atoms with van der Waals surface area (Å²) in [5, 5.41) is 4.53. The Morgan fingerprint density at radius 3 is 2.33 bits per heavy atom. The van der Waals surface area contributed by atoms with Gasteiger partial charge in [-0.3, -0.25) is 9.78 Å². The van der Waals surface area contributed by atoms with Gasteiger partial charge in [0.15, 0.2) is 24.9 Å². The van der Waals surface area contributed by atoms with Crippen molar-refractivity contribution in [3.8, 4) is 22.9 Å². The van der Waals surface area contributed by atoms with E-state index in [0.717, 1.165) is 4.68 Å². The minimum Gasteiger partial charge on any atom is -0.434 e. The molecule has 2 aromatic heterocycles. The highest BCUT2D eigenvalue weighted by Gasteiger charge is 2.37. The number of H-pyrrole nitrogens is 1. The summed E-state index contributed by atoms with van der Waals surface area (Å²) in [7, 11) is -0.543. The van der Waals surface area contributed by atoms with E-state index in [4.69, 9.17) is 44.0 Å². The molecule has 1 N–H and O–H groups in total. The predicted octanol–water partition coefficient (Wildman–Crippen LogP) is 5.80. The van der Waals surface area contributed by atoms with Gasteiger partial charge < -0.3 is 9.16 Å². The van der Waals surface area contributed by atoms with E-state index < -0.39 is 19.6 Å². The second-order valence-electron chi connectivity index (χ2n) is 9.96. The second kappa shape index (κ2) is 10.6. The first kappa shape index (κ1) is 28.3. The third kappa shape index (κ3) is 6.17. The summed E-state index contributed by atoms with van der Waals surface area (Å²) in [5.41, 5.74) is -0.481. The van der Waals surface area contributed by atoms with Crippen LogP contribution >= 0.6 is 34.8 Å². The van der Waals surface area contributed by atoms with Crippen LogP contribution in [-0.4, -0.2) is 39.7 Å². The third-order valence-corrected chi connectivity index (χ3v) is 11.5. The Balaban J connectivity index is 1.87. The highest BCUT2D eigenvalue weighted by molar-refractivity contribution is 6.74. The Kier molecular flexibility index (Phi) is 8.36. The first-order valence-corrected chi connectivity index (χ1v) is 15.2. The molecule has 3 rings (SSSR count). The number of rotatable bonds is 7. The normalized spacial score (nSPS) is 13.1. The molecule has 13 heteroatoms. The van der Waals surface area contributed by atoms with E-state index in [2.05, 4.69) is 53.9 Å². The zero-order valence-electron chi connectivity index (χ0n) is 21.1. The van der Waals surface area contributed by atoms with Crippen molar-refractivity contribution in [1.29, 1.82) is 0 Å². The standard InChI is InChI=1S/C23H28Cl3N5O4Si/c1-12(11-34-36(6,7)23(2,3)4)17-20(26)27-10-16(28-17)35-19-14(24)8-13(9-15(19)25)18-21(32)29-22(33)31(5)30-18/h8-10,12H,11H2,1-7H3,(H,29,32,33). The van der Waals surface area contributed by atoms with Gasteiger partial charge in [0, 0.05) is 25.1 Å². The van der Waals surface area contributed by atoms with Gasteiger partial charge in [0.1, 0.15) is 0 Å². The zero-order valence-corrected chi connectivity index (χ0v) is 24.3. The lowest BCUT2D eigenvalue weighted by Gasteiger charge is -2.37. The average Bonchev–Trinajstić information content (AvgIpc) is 2.77. The first-order valence-electron chi connectivity index (χ1n) is 11.1. The van der Waals surface area contributed by atoms with Crippen molar-refractivity contribution in [1.82, 2.24) is 24.7 Å². The van der Waals surface area contributed by atoms with E-state index in [-0.39, 0.29) is 43.5 Å². The number of benzene rings is 1. The molecule has 2 heterocycles. The molecule has 0 saturated carbocycles. The van der Waals surface area contributed by atoms with Crippen molar-refractivity contribution in [2.24, 2.45) is 7.05 Å². The Morgan fingerprint density at radius 2 is 1.75 bits per heavy atom. The molecule has 0 spiro atoms. The predicted molar refractivity (Wildman–Crippen MR) is 144 cm³/mol. The molecule has 36 heavy (non-hydrogen) atoms. The monoisotopic (exact) mass is 571 g/mol. The van der Waals surface area contributed by atoms with Crippen LogP contribution < -0.4 is 16.0 Å². The maximum Gasteiger partial charge on any atom is 0.344 e. The van der Waals surface area contributed by atoms with Crippen LogP contribution in [0.15, 0.2) is 27.9 Å². The van der Waals surface area contributed by atoms with Crippen LogP contribution in [0.5, 0.6) is 11.6 Å². The van der Waals surface area contributed by atoms with E-state index in [1.165, 1.54) is 25.4 Å². The first-order chi connectivity index (χ1) is 16.6. The highest BCUT2D eigenvalue weighted by Crippen LogP contribution is 2.40. The van der Waals surface area contributed by atoms with Crippen molar-refractivity contribution in [3.05, 3.63) is 60.1 Å². The van der Waals surface area contributed by atoms with Gasteiger partial charge in [0.2, 0.25) is 5.88 Å². The molecule has 1 unspecified atom stereocenters. The Labute approximate surface area is 224 Å². The summed E-state index contributed by atoms with van der Waals surface area (Å²) < 4.78 is 13.2. The van der Waals surface area contributed by atoms with E-state index >= 15 is 0 Å². The molecule has 1 aromatic carbocycles. The van der Waals surface area contributed by atoms with Crippen molar-refractivity contribution < 1.29 is 9.16 Å². The molecule has 0 bridgehead atoms. The number of nitrogens with zero attached hydrogens (tertiary/aromatic N) is 4. The SMILES string of the molecule is CC(CO[Si](C)(C)C(C)(C)C)c1nc(Oc2c(Cl)cc(-c3nn(C)c(=O)[nH]c3=O)cc2Cl)cnc1Cl. The zero-order chi connectivity index (χ0) is 27.0. The molecule has 0 aliphatic carbocycles. The smallest absolute Gasteiger partial charge is 0.344 e. The highest BCUT2D eigenvalue weighted by atomic mass is 35.5. The molecule has 0 radical (unpaired) electrons. The van der Waals surface area contributed by atoms with Gasteiger partial charge >= 0.3 is 5.69 Å². The van der Waals surface area contributed by atoms with E-state index in [1.807, 2.05) is 6.92 Å². The molecule has 0 aliphatic heterocycles. The van der Waals surface area contributed by atoms with Gasteiger partial charge in [-0.2, -0.15) is 5.10 Å². The lowest BCUT2D eigenvalue weighted by Crippen LogP contribution is -2.41. The fraction of sp³-hybridized carbons (Fsp3) is 0.435.